The topological polar surface area (TPSA) is 53.0 Å². The van der Waals surface area contributed by atoms with E-state index in [1.54, 1.807) is 6.92 Å². The Hall–Kier alpha value is -3.47. The van der Waals surface area contributed by atoms with E-state index in [9.17, 15) is 9.59 Å². The van der Waals surface area contributed by atoms with E-state index in [-0.39, 0.29) is 11.8 Å². The van der Waals surface area contributed by atoms with Gasteiger partial charge in [0.1, 0.15) is 0 Å². The summed E-state index contributed by atoms with van der Waals surface area (Å²) < 4.78 is 0. The van der Waals surface area contributed by atoms with Crippen molar-refractivity contribution in [1.29, 1.82) is 0 Å². The third kappa shape index (κ3) is 2.38. The molecule has 5 heteroatoms. The highest BCUT2D eigenvalue weighted by Crippen LogP contribution is 2.50. The molecule has 150 valence electrons. The van der Waals surface area contributed by atoms with Crippen LogP contribution in [0.25, 0.3) is 11.1 Å². The Morgan fingerprint density at radius 3 is 2.23 bits per heavy atom. The quantitative estimate of drug-likeness (QED) is 0.654. The molecule has 0 N–H and O–H groups in total. The van der Waals surface area contributed by atoms with Crippen LogP contribution in [0, 0.1) is 6.92 Å². The monoisotopic (exact) mass is 397 g/mol. The van der Waals surface area contributed by atoms with Crippen molar-refractivity contribution in [3.05, 3.63) is 70.8 Å². The number of hydrazone groups is 1. The molecule has 0 atom stereocenters. The number of para-hydroxylation sites is 1. The summed E-state index contributed by atoms with van der Waals surface area (Å²) in [5, 5.41) is 5.88. The fourth-order valence-corrected chi connectivity index (χ4v) is 4.84. The third-order valence-corrected chi connectivity index (χ3v) is 6.00. The SMILES string of the molecule is CC1=CC(C)(C)N2C(=O)/C(=C3\C(=O)N(c4ccccc4)N=C3C)c3cc(C)cc1c32. The molecule has 30 heavy (non-hydrogen) atoms. The molecule has 3 heterocycles. The van der Waals surface area contributed by atoms with Gasteiger partial charge in [0.15, 0.2) is 0 Å². The van der Waals surface area contributed by atoms with Crippen molar-refractivity contribution < 1.29 is 9.59 Å². The zero-order chi connectivity index (χ0) is 21.4. The maximum absolute atomic E-state index is 13.7. The van der Waals surface area contributed by atoms with Crippen molar-refractivity contribution in [2.45, 2.75) is 40.2 Å². The minimum Gasteiger partial charge on any atom is -0.298 e. The summed E-state index contributed by atoms with van der Waals surface area (Å²) in [5.41, 5.74) is 6.58. The van der Waals surface area contributed by atoms with Gasteiger partial charge in [0, 0.05) is 11.1 Å². The Labute approximate surface area is 176 Å². The number of carbonyl (C=O) groups is 2. The van der Waals surface area contributed by atoms with Crippen LogP contribution in [0.4, 0.5) is 11.4 Å². The van der Waals surface area contributed by atoms with Crippen molar-refractivity contribution in [1.82, 2.24) is 0 Å². The smallest absolute Gasteiger partial charge is 0.281 e. The van der Waals surface area contributed by atoms with Gasteiger partial charge in [-0.05, 0) is 70.0 Å². The molecule has 3 aliphatic rings. The van der Waals surface area contributed by atoms with Crippen molar-refractivity contribution in [3.8, 4) is 0 Å². The largest absolute Gasteiger partial charge is 0.298 e. The van der Waals surface area contributed by atoms with Crippen LogP contribution in [-0.2, 0) is 9.59 Å². The number of anilines is 2. The van der Waals surface area contributed by atoms with Gasteiger partial charge in [0.2, 0.25) is 0 Å². The lowest BCUT2D eigenvalue weighted by atomic mass is 9.88. The highest BCUT2D eigenvalue weighted by Gasteiger charge is 2.47. The number of benzene rings is 2. The predicted octanol–water partition coefficient (Wildman–Crippen LogP) is 4.71. The molecule has 2 aromatic carbocycles. The van der Waals surface area contributed by atoms with Crippen LogP contribution in [0.2, 0.25) is 0 Å². The third-order valence-electron chi connectivity index (χ3n) is 6.00. The first kappa shape index (κ1) is 18.6. The fraction of sp³-hybridized carbons (Fsp3) is 0.240. The number of nitrogens with zero attached hydrogens (tertiary/aromatic N) is 3. The molecule has 0 spiro atoms. The van der Waals surface area contributed by atoms with Crippen LogP contribution in [0.1, 0.15) is 44.4 Å². The van der Waals surface area contributed by atoms with Crippen LogP contribution in [0.15, 0.2) is 59.2 Å². The Balaban J connectivity index is 1.76. The molecule has 2 aromatic rings. The van der Waals surface area contributed by atoms with Crippen molar-refractivity contribution >= 4 is 40.0 Å². The Kier molecular flexibility index (Phi) is 3.72. The van der Waals surface area contributed by atoms with Crippen molar-refractivity contribution in [2.75, 3.05) is 9.91 Å². The van der Waals surface area contributed by atoms with Crippen LogP contribution >= 0.6 is 0 Å². The fourth-order valence-electron chi connectivity index (χ4n) is 4.84. The minimum atomic E-state index is -0.480. The molecular formula is C25H23N3O2. The number of allylic oxidation sites excluding steroid dienone is 1. The van der Waals surface area contributed by atoms with Crippen molar-refractivity contribution in [2.24, 2.45) is 5.10 Å². The molecule has 5 nitrogen and oxygen atoms in total. The van der Waals surface area contributed by atoms with E-state index >= 15 is 0 Å². The van der Waals surface area contributed by atoms with Crippen LogP contribution in [0.5, 0.6) is 0 Å². The first-order valence-electron chi connectivity index (χ1n) is 10.1. The molecule has 5 rings (SSSR count). The van der Waals surface area contributed by atoms with Gasteiger partial charge in [-0.25, -0.2) is 0 Å². The number of aryl methyl sites for hydroxylation is 1. The first-order valence-corrected chi connectivity index (χ1v) is 10.1. The second kappa shape index (κ2) is 6.02. The zero-order valence-electron chi connectivity index (χ0n) is 17.8. The predicted molar refractivity (Wildman–Crippen MR) is 120 cm³/mol. The number of carbonyl (C=O) groups excluding carboxylic acids is 2. The molecule has 0 bridgehead atoms. The molecule has 0 aromatic heterocycles. The second-order valence-electron chi connectivity index (χ2n) is 8.72. The lowest BCUT2D eigenvalue weighted by Crippen LogP contribution is -2.46. The van der Waals surface area contributed by atoms with Crippen molar-refractivity contribution in [3.63, 3.8) is 0 Å². The zero-order valence-corrected chi connectivity index (χ0v) is 17.8. The molecule has 0 radical (unpaired) electrons. The minimum absolute atomic E-state index is 0.140. The number of hydrogen-bond acceptors (Lipinski definition) is 3. The average Bonchev–Trinajstić information content (AvgIpc) is 3.13. The molecule has 3 aliphatic heterocycles. The summed E-state index contributed by atoms with van der Waals surface area (Å²) >= 11 is 0. The highest BCUT2D eigenvalue weighted by molar-refractivity contribution is 6.46. The average molecular weight is 397 g/mol. The normalized spacial score (nSPS) is 21.8. The summed E-state index contributed by atoms with van der Waals surface area (Å²) in [4.78, 5) is 29.0. The molecule has 0 aliphatic carbocycles. The van der Waals surface area contributed by atoms with E-state index in [2.05, 4.69) is 24.2 Å². The van der Waals surface area contributed by atoms with Gasteiger partial charge < -0.3 is 0 Å². The van der Waals surface area contributed by atoms with Gasteiger partial charge >= 0.3 is 0 Å². The van der Waals surface area contributed by atoms with E-state index in [4.69, 9.17) is 0 Å². The maximum atomic E-state index is 13.7. The van der Waals surface area contributed by atoms with Gasteiger partial charge in [0.05, 0.1) is 33.8 Å². The van der Waals surface area contributed by atoms with E-state index in [0.29, 0.717) is 22.5 Å². The van der Waals surface area contributed by atoms with Gasteiger partial charge in [-0.15, -0.1) is 0 Å². The summed E-state index contributed by atoms with van der Waals surface area (Å²) in [5.74, 6) is -0.405. The number of rotatable bonds is 1. The number of hydrogen-bond donors (Lipinski definition) is 0. The Morgan fingerprint density at radius 1 is 0.867 bits per heavy atom. The van der Waals surface area contributed by atoms with Gasteiger partial charge in [-0.2, -0.15) is 10.1 Å². The Bertz CT molecular complexity index is 1230. The molecule has 2 amide bonds. The summed E-state index contributed by atoms with van der Waals surface area (Å²) in [6.45, 7) is 9.95. The second-order valence-corrected chi connectivity index (χ2v) is 8.72. The standard InChI is InChI=1S/C25H23N3O2/c1-14-11-18-15(2)13-25(4,5)27-22(18)19(12-14)21(23(27)29)20-16(3)26-28(24(20)30)17-9-7-6-8-10-17/h6-13H,1-5H3/b21-20-. The lowest BCUT2D eigenvalue weighted by molar-refractivity contribution is -0.116. The first-order chi connectivity index (χ1) is 14.2. The van der Waals surface area contributed by atoms with Crippen LogP contribution in [-0.4, -0.2) is 23.1 Å². The number of amides is 2. The molecular weight excluding hydrogens is 374 g/mol. The molecule has 0 saturated carbocycles. The van der Waals surface area contributed by atoms with Crippen LogP contribution in [0.3, 0.4) is 0 Å². The molecule has 0 unspecified atom stereocenters. The lowest BCUT2D eigenvalue weighted by Gasteiger charge is -2.38. The summed E-state index contributed by atoms with van der Waals surface area (Å²) in [7, 11) is 0. The Morgan fingerprint density at radius 2 is 1.53 bits per heavy atom. The van der Waals surface area contributed by atoms with Gasteiger partial charge in [-0.1, -0.05) is 24.3 Å². The van der Waals surface area contributed by atoms with Gasteiger partial charge in [0.25, 0.3) is 11.8 Å². The van der Waals surface area contributed by atoms with Crippen LogP contribution < -0.4 is 9.91 Å². The molecule has 0 saturated heterocycles. The maximum Gasteiger partial charge on any atom is 0.281 e. The molecule has 0 fully saturated rings. The van der Waals surface area contributed by atoms with E-state index in [0.717, 1.165) is 28.0 Å². The van der Waals surface area contributed by atoms with E-state index in [1.807, 2.05) is 62.1 Å². The highest BCUT2D eigenvalue weighted by atomic mass is 16.2. The summed E-state index contributed by atoms with van der Waals surface area (Å²) in [6.07, 6.45) is 2.12. The van der Waals surface area contributed by atoms with E-state index < -0.39 is 5.54 Å². The summed E-state index contributed by atoms with van der Waals surface area (Å²) in [6, 6.07) is 13.4. The van der Waals surface area contributed by atoms with Gasteiger partial charge in [-0.3, -0.25) is 14.5 Å². The van der Waals surface area contributed by atoms with E-state index in [1.165, 1.54) is 5.01 Å².